The molecule has 0 aromatic rings. The minimum atomic E-state index is -0.589. The molecule has 0 amide bonds. The number of ketones is 1. The molecule has 3 nitrogen and oxygen atoms in total. The summed E-state index contributed by atoms with van der Waals surface area (Å²) >= 11 is 0. The van der Waals surface area contributed by atoms with E-state index in [0.717, 1.165) is 19.3 Å². The first-order chi connectivity index (χ1) is 7.15. The van der Waals surface area contributed by atoms with E-state index in [1.54, 1.807) is 6.92 Å². The second-order valence-electron chi connectivity index (χ2n) is 3.87. The van der Waals surface area contributed by atoms with Gasteiger partial charge in [-0.15, -0.1) is 0 Å². The van der Waals surface area contributed by atoms with Crippen molar-refractivity contribution in [3.63, 3.8) is 0 Å². The Labute approximate surface area is 90.5 Å². The predicted molar refractivity (Wildman–Crippen MR) is 57.4 cm³/mol. The lowest BCUT2D eigenvalue weighted by atomic mass is 9.95. The van der Waals surface area contributed by atoms with Crippen molar-refractivity contribution in [2.45, 2.75) is 39.5 Å². The zero-order valence-corrected chi connectivity index (χ0v) is 9.41. The molecule has 0 heterocycles. The van der Waals surface area contributed by atoms with Crippen LogP contribution in [-0.4, -0.2) is 18.4 Å². The van der Waals surface area contributed by atoms with Crippen molar-refractivity contribution in [3.8, 4) is 0 Å². The van der Waals surface area contributed by atoms with Gasteiger partial charge in [0.05, 0.1) is 6.61 Å². The highest BCUT2D eigenvalue weighted by atomic mass is 16.5. The molecule has 84 valence electrons. The minimum Gasteiger partial charge on any atom is -0.465 e. The van der Waals surface area contributed by atoms with E-state index in [0.29, 0.717) is 13.0 Å². The van der Waals surface area contributed by atoms with Crippen molar-refractivity contribution in [2.24, 2.45) is 5.92 Å². The van der Waals surface area contributed by atoms with Crippen LogP contribution in [0.2, 0.25) is 0 Å². The summed E-state index contributed by atoms with van der Waals surface area (Å²) in [4.78, 5) is 22.8. The lowest BCUT2D eigenvalue weighted by Gasteiger charge is -2.12. The van der Waals surface area contributed by atoms with Crippen LogP contribution in [0.1, 0.15) is 39.5 Å². The summed E-state index contributed by atoms with van der Waals surface area (Å²) in [6.45, 7) is 3.54. The highest BCUT2D eigenvalue weighted by Gasteiger charge is 2.26. The minimum absolute atomic E-state index is 0.0961. The summed E-state index contributed by atoms with van der Waals surface area (Å²) in [5.41, 5.74) is 1.23. The molecule has 0 aromatic heterocycles. The van der Waals surface area contributed by atoms with Gasteiger partial charge < -0.3 is 4.74 Å². The van der Waals surface area contributed by atoms with Gasteiger partial charge in [0.2, 0.25) is 0 Å². The maximum Gasteiger partial charge on any atom is 0.316 e. The van der Waals surface area contributed by atoms with Gasteiger partial charge in [-0.2, -0.15) is 0 Å². The van der Waals surface area contributed by atoms with Crippen LogP contribution in [0.4, 0.5) is 0 Å². The van der Waals surface area contributed by atoms with Gasteiger partial charge in [-0.05, 0) is 39.5 Å². The zero-order chi connectivity index (χ0) is 11.3. The van der Waals surface area contributed by atoms with Crippen molar-refractivity contribution in [1.29, 1.82) is 0 Å². The first kappa shape index (κ1) is 12.0. The highest BCUT2D eigenvalue weighted by Crippen LogP contribution is 2.25. The Bertz CT molecular complexity index is 279. The molecule has 0 N–H and O–H groups in total. The number of hydrogen-bond donors (Lipinski definition) is 0. The molecule has 0 saturated heterocycles. The summed E-state index contributed by atoms with van der Waals surface area (Å²) < 4.78 is 4.89. The molecule has 1 aliphatic rings. The van der Waals surface area contributed by atoms with Crippen LogP contribution in [0.25, 0.3) is 0 Å². The quantitative estimate of drug-likeness (QED) is 0.397. The fraction of sp³-hybridized carbons (Fsp3) is 0.667. The fourth-order valence-electron chi connectivity index (χ4n) is 1.82. The number of carbonyl (C=O) groups excluding carboxylic acids is 2. The first-order valence-electron chi connectivity index (χ1n) is 5.50. The smallest absolute Gasteiger partial charge is 0.316 e. The number of allylic oxidation sites excluding steroid dienone is 2. The molecule has 3 heteroatoms. The first-order valence-corrected chi connectivity index (χ1v) is 5.50. The van der Waals surface area contributed by atoms with E-state index in [9.17, 15) is 9.59 Å². The Balaban J connectivity index is 2.57. The second-order valence-corrected chi connectivity index (χ2v) is 3.87. The van der Waals surface area contributed by atoms with E-state index in [-0.39, 0.29) is 11.8 Å². The Morgan fingerprint density at radius 2 is 2.27 bits per heavy atom. The van der Waals surface area contributed by atoms with Gasteiger partial charge in [-0.25, -0.2) is 0 Å². The van der Waals surface area contributed by atoms with Crippen LogP contribution in [0.15, 0.2) is 11.6 Å². The molecule has 0 bridgehead atoms. The third-order valence-corrected chi connectivity index (χ3v) is 2.66. The van der Waals surface area contributed by atoms with E-state index in [1.165, 1.54) is 12.5 Å². The van der Waals surface area contributed by atoms with Gasteiger partial charge in [0.25, 0.3) is 0 Å². The highest BCUT2D eigenvalue weighted by molar-refractivity contribution is 5.98. The average Bonchev–Trinajstić information content (AvgIpc) is 2.66. The average molecular weight is 210 g/mol. The van der Waals surface area contributed by atoms with Crippen molar-refractivity contribution < 1.29 is 14.3 Å². The van der Waals surface area contributed by atoms with E-state index >= 15 is 0 Å². The molecule has 1 rings (SSSR count). The fourth-order valence-corrected chi connectivity index (χ4v) is 1.82. The van der Waals surface area contributed by atoms with Crippen LogP contribution in [0.3, 0.4) is 0 Å². The molecule has 0 radical (unpaired) electrons. The van der Waals surface area contributed by atoms with Crippen LogP contribution in [0, 0.1) is 5.92 Å². The summed E-state index contributed by atoms with van der Waals surface area (Å²) in [5, 5.41) is 0. The summed E-state index contributed by atoms with van der Waals surface area (Å²) in [5.74, 6) is -1.06. The van der Waals surface area contributed by atoms with Gasteiger partial charge in [-0.3, -0.25) is 9.59 Å². The molecule has 0 aliphatic heterocycles. The Morgan fingerprint density at radius 1 is 1.53 bits per heavy atom. The molecule has 0 fully saturated rings. The van der Waals surface area contributed by atoms with E-state index in [1.807, 2.05) is 0 Å². The van der Waals surface area contributed by atoms with Crippen molar-refractivity contribution in [1.82, 2.24) is 0 Å². The monoisotopic (exact) mass is 210 g/mol. The van der Waals surface area contributed by atoms with E-state index in [4.69, 9.17) is 4.74 Å². The predicted octanol–water partition coefficient (Wildman–Crippen LogP) is 2.26. The number of ether oxygens (including phenoxy) is 1. The summed E-state index contributed by atoms with van der Waals surface area (Å²) in [7, 11) is 0. The number of hydrogen-bond acceptors (Lipinski definition) is 3. The van der Waals surface area contributed by atoms with Gasteiger partial charge in [0, 0.05) is 0 Å². The third kappa shape index (κ3) is 3.50. The number of rotatable bonds is 5. The van der Waals surface area contributed by atoms with Gasteiger partial charge >= 0.3 is 5.97 Å². The lowest BCUT2D eigenvalue weighted by molar-refractivity contribution is -0.151. The molecule has 0 spiro atoms. The molecule has 1 unspecified atom stereocenters. The Hall–Kier alpha value is -1.12. The zero-order valence-electron chi connectivity index (χ0n) is 9.41. The number of Topliss-reactive ketones (excluding diaryl/α,β-unsaturated/α-hetero) is 1. The van der Waals surface area contributed by atoms with E-state index in [2.05, 4.69) is 6.08 Å². The Morgan fingerprint density at radius 3 is 2.73 bits per heavy atom. The second kappa shape index (κ2) is 5.69. The van der Waals surface area contributed by atoms with E-state index < -0.39 is 5.92 Å². The van der Waals surface area contributed by atoms with Gasteiger partial charge in [0.15, 0.2) is 0 Å². The largest absolute Gasteiger partial charge is 0.465 e. The Kier molecular flexibility index (Phi) is 4.53. The van der Waals surface area contributed by atoms with Crippen molar-refractivity contribution in [2.75, 3.05) is 6.61 Å². The van der Waals surface area contributed by atoms with Crippen molar-refractivity contribution >= 4 is 11.8 Å². The molecule has 0 aromatic carbocycles. The topological polar surface area (TPSA) is 43.4 Å². The maximum atomic E-state index is 11.5. The molecule has 1 aliphatic carbocycles. The van der Waals surface area contributed by atoms with Crippen LogP contribution < -0.4 is 0 Å². The summed E-state index contributed by atoms with van der Waals surface area (Å²) in [6.07, 6.45) is 5.91. The normalized spacial score (nSPS) is 17.1. The van der Waals surface area contributed by atoms with Crippen LogP contribution in [-0.2, 0) is 14.3 Å². The molecular formula is C12H18O3. The molecule has 15 heavy (non-hydrogen) atoms. The van der Waals surface area contributed by atoms with Crippen LogP contribution in [0.5, 0.6) is 0 Å². The number of esters is 1. The van der Waals surface area contributed by atoms with Crippen molar-refractivity contribution in [3.05, 3.63) is 11.6 Å². The SMILES string of the molecule is CCOC(=O)C(CC1=CCCC1)C(C)=O. The number of carbonyl (C=O) groups is 2. The molecule has 0 saturated carbocycles. The molecule has 1 atom stereocenters. The lowest BCUT2D eigenvalue weighted by Crippen LogP contribution is -2.24. The van der Waals surface area contributed by atoms with Crippen LogP contribution >= 0.6 is 0 Å². The van der Waals surface area contributed by atoms with Gasteiger partial charge in [-0.1, -0.05) is 11.6 Å². The van der Waals surface area contributed by atoms with Gasteiger partial charge in [0.1, 0.15) is 11.7 Å². The third-order valence-electron chi connectivity index (χ3n) is 2.66. The molecular weight excluding hydrogens is 192 g/mol. The standard InChI is InChI=1S/C12H18O3/c1-3-15-12(14)11(9(2)13)8-10-6-4-5-7-10/h6,11H,3-5,7-8H2,1-2H3. The maximum absolute atomic E-state index is 11.5. The summed E-state index contributed by atoms with van der Waals surface area (Å²) in [6, 6.07) is 0.